The maximum atomic E-state index is 13.6. The van der Waals surface area contributed by atoms with Gasteiger partial charge in [0.25, 0.3) is 0 Å². The molecule has 1 aromatic heterocycles. The third-order valence-corrected chi connectivity index (χ3v) is 7.74. The summed E-state index contributed by atoms with van der Waals surface area (Å²) in [4.78, 5) is 0. The number of aromatic nitrogens is 2. The summed E-state index contributed by atoms with van der Waals surface area (Å²) in [5.74, 6) is -1.05. The lowest BCUT2D eigenvalue weighted by Gasteiger charge is -2.40. The van der Waals surface area contributed by atoms with Crippen LogP contribution in [0.15, 0.2) is 0 Å². The van der Waals surface area contributed by atoms with Crippen molar-refractivity contribution in [2.75, 3.05) is 47.1 Å². The number of halogens is 3. The number of fused-ring (bicyclic) bond motifs is 1. The first-order valence-electron chi connectivity index (χ1n) is 12.9. The van der Waals surface area contributed by atoms with Crippen molar-refractivity contribution in [3.63, 3.8) is 0 Å². The van der Waals surface area contributed by atoms with E-state index in [-0.39, 0.29) is 30.2 Å². The van der Waals surface area contributed by atoms with Crippen LogP contribution in [0.1, 0.15) is 68.8 Å². The topological polar surface area (TPSA) is 60.3 Å². The van der Waals surface area contributed by atoms with Crippen LogP contribution in [-0.2, 0) is 28.9 Å². The van der Waals surface area contributed by atoms with Crippen LogP contribution in [0.2, 0.25) is 0 Å². The van der Waals surface area contributed by atoms with E-state index >= 15 is 0 Å². The standard InChI is InChI=1S/C25H43F3N4O2/c1-5-33-16-24(17-34-6-2)10-7-18(8-11-24)23-21(14-20(30-4)15-29-3)31-32-12-9-19(13-22(23)32)25(26,27)28/h18-20,29-30H,5-17H2,1-4H3. The fourth-order valence-corrected chi connectivity index (χ4v) is 5.72. The van der Waals surface area contributed by atoms with Gasteiger partial charge in [-0.3, -0.25) is 4.68 Å². The highest BCUT2D eigenvalue weighted by atomic mass is 19.4. The maximum Gasteiger partial charge on any atom is 0.392 e. The lowest BCUT2D eigenvalue weighted by atomic mass is 9.68. The third kappa shape index (κ3) is 6.53. The summed E-state index contributed by atoms with van der Waals surface area (Å²) in [6.45, 7) is 7.83. The molecule has 0 saturated heterocycles. The predicted octanol–water partition coefficient (Wildman–Crippen LogP) is 4.07. The summed E-state index contributed by atoms with van der Waals surface area (Å²) in [6, 6.07) is 0.178. The molecule has 0 amide bonds. The number of likely N-dealkylation sites (N-methyl/N-ethyl adjacent to an activating group) is 2. The van der Waals surface area contributed by atoms with Gasteiger partial charge < -0.3 is 20.1 Å². The zero-order chi connectivity index (χ0) is 24.8. The molecule has 9 heteroatoms. The average Bonchev–Trinajstić information content (AvgIpc) is 3.18. The first-order valence-corrected chi connectivity index (χ1v) is 12.9. The number of nitrogens with one attached hydrogen (secondary N) is 2. The number of rotatable bonds is 12. The van der Waals surface area contributed by atoms with Crippen LogP contribution in [-0.4, -0.2) is 69.1 Å². The zero-order valence-corrected chi connectivity index (χ0v) is 21.3. The fourth-order valence-electron chi connectivity index (χ4n) is 5.72. The van der Waals surface area contributed by atoms with Gasteiger partial charge in [-0.1, -0.05) is 0 Å². The smallest absolute Gasteiger partial charge is 0.381 e. The SMILES string of the molecule is CCOCC1(COCC)CCC(c2c(CC(CNC)NC)nn3c2CC(C(F)(F)F)CC3)CC1. The van der Waals surface area contributed by atoms with Crippen molar-refractivity contribution < 1.29 is 22.6 Å². The number of hydrogen-bond donors (Lipinski definition) is 2. The molecular weight excluding hydrogens is 445 g/mol. The number of nitrogens with zero attached hydrogens (tertiary/aromatic N) is 2. The Bertz CT molecular complexity index is 750. The van der Waals surface area contributed by atoms with Gasteiger partial charge in [-0.05, 0) is 71.5 Å². The van der Waals surface area contributed by atoms with E-state index in [2.05, 4.69) is 10.6 Å². The van der Waals surface area contributed by atoms with Gasteiger partial charge >= 0.3 is 6.18 Å². The molecule has 1 fully saturated rings. The van der Waals surface area contributed by atoms with Crippen LogP contribution in [0.3, 0.4) is 0 Å². The van der Waals surface area contributed by atoms with Crippen molar-refractivity contribution in [2.45, 2.75) is 83.5 Å². The highest BCUT2D eigenvalue weighted by molar-refractivity contribution is 5.33. The molecule has 196 valence electrons. The molecular formula is C25H43F3N4O2. The molecule has 0 spiro atoms. The Kier molecular flexibility index (Phi) is 9.83. The first-order chi connectivity index (χ1) is 16.3. The largest absolute Gasteiger partial charge is 0.392 e. The molecule has 2 atom stereocenters. The van der Waals surface area contributed by atoms with Gasteiger partial charge in [0.1, 0.15) is 0 Å². The quantitative estimate of drug-likeness (QED) is 0.464. The van der Waals surface area contributed by atoms with Gasteiger partial charge in [0.15, 0.2) is 0 Å². The number of hydrogen-bond acceptors (Lipinski definition) is 5. The van der Waals surface area contributed by atoms with Crippen LogP contribution >= 0.6 is 0 Å². The van der Waals surface area contributed by atoms with E-state index in [1.165, 1.54) is 0 Å². The van der Waals surface area contributed by atoms with Gasteiger partial charge in [-0.2, -0.15) is 18.3 Å². The Hall–Kier alpha value is -1.16. The molecule has 1 saturated carbocycles. The molecule has 0 aromatic carbocycles. The van der Waals surface area contributed by atoms with E-state index in [0.717, 1.165) is 49.2 Å². The van der Waals surface area contributed by atoms with Crippen LogP contribution in [0.5, 0.6) is 0 Å². The van der Waals surface area contributed by atoms with E-state index in [1.54, 1.807) is 0 Å². The van der Waals surface area contributed by atoms with Crippen molar-refractivity contribution in [1.82, 2.24) is 20.4 Å². The van der Waals surface area contributed by atoms with Crippen LogP contribution in [0.25, 0.3) is 0 Å². The Morgan fingerprint density at radius 2 is 1.74 bits per heavy atom. The minimum Gasteiger partial charge on any atom is -0.381 e. The second-order valence-corrected chi connectivity index (χ2v) is 10.1. The third-order valence-electron chi connectivity index (χ3n) is 7.74. The summed E-state index contributed by atoms with van der Waals surface area (Å²) in [7, 11) is 3.84. The molecule has 1 aromatic rings. The van der Waals surface area contributed by atoms with E-state index in [4.69, 9.17) is 14.6 Å². The Morgan fingerprint density at radius 1 is 1.09 bits per heavy atom. The molecule has 0 radical (unpaired) electrons. The monoisotopic (exact) mass is 488 g/mol. The second kappa shape index (κ2) is 12.2. The molecule has 3 rings (SSSR count). The number of alkyl halides is 3. The van der Waals surface area contributed by atoms with E-state index < -0.39 is 12.1 Å². The van der Waals surface area contributed by atoms with Gasteiger partial charge in [-0.25, -0.2) is 0 Å². The van der Waals surface area contributed by atoms with Crippen molar-refractivity contribution in [3.05, 3.63) is 17.0 Å². The van der Waals surface area contributed by atoms with E-state index in [0.29, 0.717) is 39.4 Å². The molecule has 2 unspecified atom stereocenters. The van der Waals surface area contributed by atoms with Gasteiger partial charge in [-0.15, -0.1) is 0 Å². The minimum absolute atomic E-state index is 0.00987. The van der Waals surface area contributed by atoms with Crippen molar-refractivity contribution in [2.24, 2.45) is 11.3 Å². The lowest BCUT2D eigenvalue weighted by Crippen LogP contribution is -2.38. The molecule has 2 aliphatic rings. The first kappa shape index (κ1) is 27.4. The lowest BCUT2D eigenvalue weighted by molar-refractivity contribution is -0.179. The molecule has 34 heavy (non-hydrogen) atoms. The summed E-state index contributed by atoms with van der Waals surface area (Å²) >= 11 is 0. The van der Waals surface area contributed by atoms with E-state index in [9.17, 15) is 13.2 Å². The minimum atomic E-state index is -4.16. The summed E-state index contributed by atoms with van der Waals surface area (Å²) in [6.07, 6.45) is 0.470. The Morgan fingerprint density at radius 3 is 2.26 bits per heavy atom. The molecule has 1 aliphatic carbocycles. The summed E-state index contributed by atoms with van der Waals surface area (Å²) < 4.78 is 54.5. The Labute approximate surface area is 202 Å². The molecule has 2 N–H and O–H groups in total. The highest BCUT2D eigenvalue weighted by Gasteiger charge is 2.44. The second-order valence-electron chi connectivity index (χ2n) is 10.1. The average molecular weight is 489 g/mol. The van der Waals surface area contributed by atoms with E-state index in [1.807, 2.05) is 32.6 Å². The zero-order valence-electron chi connectivity index (χ0n) is 21.3. The van der Waals surface area contributed by atoms with Gasteiger partial charge in [0.05, 0.1) is 24.8 Å². The normalized spacial score (nSPS) is 22.0. The van der Waals surface area contributed by atoms with Gasteiger partial charge in [0, 0.05) is 56.3 Å². The van der Waals surface area contributed by atoms with Crippen molar-refractivity contribution in [3.8, 4) is 0 Å². The van der Waals surface area contributed by atoms with Crippen LogP contribution in [0.4, 0.5) is 13.2 Å². The Balaban J connectivity index is 1.87. The molecule has 6 nitrogen and oxygen atoms in total. The van der Waals surface area contributed by atoms with Crippen LogP contribution in [0, 0.1) is 11.3 Å². The molecule has 0 bridgehead atoms. The van der Waals surface area contributed by atoms with Crippen LogP contribution < -0.4 is 10.6 Å². The van der Waals surface area contributed by atoms with Crippen molar-refractivity contribution >= 4 is 0 Å². The highest BCUT2D eigenvalue weighted by Crippen LogP contribution is 2.47. The van der Waals surface area contributed by atoms with Gasteiger partial charge in [0.2, 0.25) is 0 Å². The number of ether oxygens (including phenoxy) is 2. The maximum absolute atomic E-state index is 13.6. The molecule has 1 aliphatic heterocycles. The fraction of sp³-hybridized carbons (Fsp3) is 0.880. The predicted molar refractivity (Wildman–Crippen MR) is 127 cm³/mol. The number of aryl methyl sites for hydroxylation is 1. The summed E-state index contributed by atoms with van der Waals surface area (Å²) in [5, 5.41) is 11.4. The molecule has 2 heterocycles. The summed E-state index contributed by atoms with van der Waals surface area (Å²) in [5.41, 5.74) is 2.87. The van der Waals surface area contributed by atoms with Crippen molar-refractivity contribution in [1.29, 1.82) is 0 Å².